The SMILES string of the molecule is COC(=O)C(C)C(C)Nc1cc(Br)ccc1C. The molecule has 1 N–H and O–H groups in total. The molecule has 0 heterocycles. The van der Waals surface area contributed by atoms with Gasteiger partial charge in [-0.25, -0.2) is 0 Å². The van der Waals surface area contributed by atoms with Crippen LogP contribution in [0.3, 0.4) is 0 Å². The van der Waals surface area contributed by atoms with Crippen LogP contribution in [0.25, 0.3) is 0 Å². The summed E-state index contributed by atoms with van der Waals surface area (Å²) in [4.78, 5) is 11.4. The number of halogens is 1. The van der Waals surface area contributed by atoms with Crippen molar-refractivity contribution in [2.45, 2.75) is 26.8 Å². The summed E-state index contributed by atoms with van der Waals surface area (Å²) in [5.74, 6) is -0.379. The smallest absolute Gasteiger partial charge is 0.310 e. The average molecular weight is 300 g/mol. The van der Waals surface area contributed by atoms with Crippen molar-refractivity contribution in [3.63, 3.8) is 0 Å². The minimum Gasteiger partial charge on any atom is -0.469 e. The molecule has 0 saturated carbocycles. The number of hydrogen-bond acceptors (Lipinski definition) is 3. The summed E-state index contributed by atoms with van der Waals surface area (Å²) in [5.41, 5.74) is 2.18. The fourth-order valence-corrected chi connectivity index (χ4v) is 1.87. The van der Waals surface area contributed by atoms with Crippen molar-refractivity contribution < 1.29 is 9.53 Å². The zero-order valence-corrected chi connectivity index (χ0v) is 12.2. The molecule has 1 aromatic carbocycles. The molecule has 0 fully saturated rings. The van der Waals surface area contributed by atoms with E-state index in [1.54, 1.807) is 0 Å². The van der Waals surface area contributed by atoms with Gasteiger partial charge in [-0.05, 0) is 38.5 Å². The third kappa shape index (κ3) is 3.73. The zero-order chi connectivity index (χ0) is 13.0. The second kappa shape index (κ2) is 6.05. The molecule has 0 radical (unpaired) electrons. The fourth-order valence-electron chi connectivity index (χ4n) is 1.51. The first kappa shape index (κ1) is 14.0. The Morgan fingerprint density at radius 2 is 2.06 bits per heavy atom. The third-order valence-electron chi connectivity index (χ3n) is 2.91. The number of carbonyl (C=O) groups excluding carboxylic acids is 1. The van der Waals surface area contributed by atoms with Crippen molar-refractivity contribution in [1.29, 1.82) is 0 Å². The molecule has 0 aliphatic carbocycles. The summed E-state index contributed by atoms with van der Waals surface area (Å²) in [6, 6.07) is 6.06. The molecule has 2 unspecified atom stereocenters. The van der Waals surface area contributed by atoms with Crippen LogP contribution in [0.15, 0.2) is 22.7 Å². The highest BCUT2D eigenvalue weighted by Gasteiger charge is 2.21. The number of aryl methyl sites for hydroxylation is 1. The van der Waals surface area contributed by atoms with Crippen molar-refractivity contribution in [2.75, 3.05) is 12.4 Å². The summed E-state index contributed by atoms with van der Waals surface area (Å²) in [6.45, 7) is 5.86. The van der Waals surface area contributed by atoms with Gasteiger partial charge in [0.1, 0.15) is 0 Å². The molecule has 0 saturated heterocycles. The number of nitrogens with one attached hydrogen (secondary N) is 1. The van der Waals surface area contributed by atoms with Crippen molar-refractivity contribution in [1.82, 2.24) is 0 Å². The van der Waals surface area contributed by atoms with E-state index in [0.29, 0.717) is 0 Å². The van der Waals surface area contributed by atoms with Crippen LogP contribution in [0, 0.1) is 12.8 Å². The summed E-state index contributed by atoms with van der Waals surface area (Å²) < 4.78 is 5.75. The molecule has 0 aromatic heterocycles. The molecule has 0 amide bonds. The standard InChI is InChI=1S/C13H18BrNO2/c1-8-5-6-11(14)7-12(8)15-10(3)9(2)13(16)17-4/h5-7,9-10,15H,1-4H3. The molecule has 3 nitrogen and oxygen atoms in total. The van der Waals surface area contributed by atoms with Crippen LogP contribution in [-0.4, -0.2) is 19.1 Å². The Morgan fingerprint density at radius 3 is 2.65 bits per heavy atom. The first-order chi connectivity index (χ1) is 7.95. The molecule has 1 aromatic rings. The van der Waals surface area contributed by atoms with Crippen molar-refractivity contribution >= 4 is 27.6 Å². The van der Waals surface area contributed by atoms with E-state index in [4.69, 9.17) is 4.74 Å². The predicted octanol–water partition coefficient (Wildman–Crippen LogP) is 3.37. The molecule has 0 spiro atoms. The summed E-state index contributed by atoms with van der Waals surface area (Å²) in [5, 5.41) is 3.34. The maximum Gasteiger partial charge on any atom is 0.310 e. The van der Waals surface area contributed by atoms with Crippen LogP contribution in [0.4, 0.5) is 5.69 Å². The van der Waals surface area contributed by atoms with E-state index in [1.165, 1.54) is 7.11 Å². The number of hydrogen-bond donors (Lipinski definition) is 1. The second-order valence-corrected chi connectivity index (χ2v) is 5.12. The number of ether oxygens (including phenoxy) is 1. The number of rotatable bonds is 4. The Hall–Kier alpha value is -1.03. The van der Waals surface area contributed by atoms with Crippen LogP contribution in [-0.2, 0) is 9.53 Å². The van der Waals surface area contributed by atoms with Gasteiger partial charge in [0.2, 0.25) is 0 Å². The molecule has 94 valence electrons. The van der Waals surface area contributed by atoms with Gasteiger partial charge >= 0.3 is 5.97 Å². The Balaban J connectivity index is 2.77. The van der Waals surface area contributed by atoms with E-state index in [9.17, 15) is 4.79 Å². The van der Waals surface area contributed by atoms with Crippen LogP contribution in [0.5, 0.6) is 0 Å². The van der Waals surface area contributed by atoms with Crippen molar-refractivity contribution in [3.8, 4) is 0 Å². The highest BCUT2D eigenvalue weighted by Crippen LogP contribution is 2.22. The van der Waals surface area contributed by atoms with Crippen molar-refractivity contribution in [3.05, 3.63) is 28.2 Å². The van der Waals surface area contributed by atoms with Crippen LogP contribution < -0.4 is 5.32 Å². The fraction of sp³-hybridized carbons (Fsp3) is 0.462. The van der Waals surface area contributed by atoms with E-state index >= 15 is 0 Å². The van der Waals surface area contributed by atoms with E-state index in [1.807, 2.05) is 39.0 Å². The normalized spacial score (nSPS) is 13.9. The van der Waals surface area contributed by atoms with Gasteiger partial charge < -0.3 is 10.1 Å². The minimum absolute atomic E-state index is 0.0236. The predicted molar refractivity (Wildman–Crippen MR) is 73.1 cm³/mol. The van der Waals surface area contributed by atoms with Gasteiger partial charge in [-0.1, -0.05) is 22.0 Å². The van der Waals surface area contributed by atoms with E-state index in [-0.39, 0.29) is 17.9 Å². The highest BCUT2D eigenvalue weighted by atomic mass is 79.9. The first-order valence-corrected chi connectivity index (χ1v) is 6.35. The molecule has 4 heteroatoms. The molecule has 0 aliphatic rings. The van der Waals surface area contributed by atoms with Crippen molar-refractivity contribution in [2.24, 2.45) is 5.92 Å². The Bertz CT molecular complexity index is 406. The number of esters is 1. The molecule has 0 bridgehead atoms. The largest absolute Gasteiger partial charge is 0.469 e. The van der Waals surface area contributed by atoms with E-state index in [0.717, 1.165) is 15.7 Å². The van der Waals surface area contributed by atoms with Crippen LogP contribution in [0.1, 0.15) is 19.4 Å². The number of benzene rings is 1. The monoisotopic (exact) mass is 299 g/mol. The lowest BCUT2D eigenvalue weighted by Crippen LogP contribution is -2.30. The topological polar surface area (TPSA) is 38.3 Å². The lowest BCUT2D eigenvalue weighted by atomic mass is 10.0. The average Bonchev–Trinajstić information content (AvgIpc) is 2.31. The summed E-state index contributed by atoms with van der Waals surface area (Å²) in [6.07, 6.45) is 0. The van der Waals surface area contributed by atoms with Gasteiger partial charge in [0.25, 0.3) is 0 Å². The molecule has 17 heavy (non-hydrogen) atoms. The van der Waals surface area contributed by atoms with Gasteiger partial charge in [-0.2, -0.15) is 0 Å². The van der Waals surface area contributed by atoms with Gasteiger partial charge in [-0.3, -0.25) is 4.79 Å². The number of methoxy groups -OCH3 is 1. The molecule has 0 aliphatic heterocycles. The molecular weight excluding hydrogens is 282 g/mol. The van der Waals surface area contributed by atoms with Crippen LogP contribution in [0.2, 0.25) is 0 Å². The Kier molecular flexibility index (Phi) is 5.00. The quantitative estimate of drug-likeness (QED) is 0.866. The third-order valence-corrected chi connectivity index (χ3v) is 3.40. The Labute approximate surface area is 111 Å². The lowest BCUT2D eigenvalue weighted by molar-refractivity contribution is -0.145. The second-order valence-electron chi connectivity index (χ2n) is 4.20. The van der Waals surface area contributed by atoms with Crippen LogP contribution >= 0.6 is 15.9 Å². The van der Waals surface area contributed by atoms with E-state index < -0.39 is 0 Å². The first-order valence-electron chi connectivity index (χ1n) is 5.56. The summed E-state index contributed by atoms with van der Waals surface area (Å²) >= 11 is 3.43. The lowest BCUT2D eigenvalue weighted by Gasteiger charge is -2.21. The minimum atomic E-state index is -0.197. The number of carbonyl (C=O) groups is 1. The number of anilines is 1. The Morgan fingerprint density at radius 1 is 1.41 bits per heavy atom. The van der Waals surface area contributed by atoms with Gasteiger partial charge in [-0.15, -0.1) is 0 Å². The zero-order valence-electron chi connectivity index (χ0n) is 10.6. The molecular formula is C13H18BrNO2. The maximum absolute atomic E-state index is 11.4. The van der Waals surface area contributed by atoms with Gasteiger partial charge in [0.05, 0.1) is 13.0 Å². The molecule has 1 rings (SSSR count). The van der Waals surface area contributed by atoms with E-state index in [2.05, 4.69) is 21.2 Å². The highest BCUT2D eigenvalue weighted by molar-refractivity contribution is 9.10. The summed E-state index contributed by atoms with van der Waals surface area (Å²) in [7, 11) is 1.41. The molecule has 2 atom stereocenters. The van der Waals surface area contributed by atoms with Gasteiger partial charge in [0, 0.05) is 16.2 Å². The van der Waals surface area contributed by atoms with Gasteiger partial charge in [0.15, 0.2) is 0 Å². The maximum atomic E-state index is 11.4.